The van der Waals surface area contributed by atoms with Gasteiger partial charge in [-0.25, -0.2) is 18.4 Å². The maximum Gasteiger partial charge on any atom is 0.341 e. The van der Waals surface area contributed by atoms with Gasteiger partial charge in [0.2, 0.25) is 5.91 Å². The SMILES string of the molecule is COC(=O)c1c(F)cccc1-c1ccc(NC(=O)C2CC(OC)CN2C(=O)N(Cl)c2ccccc2)cc1. The van der Waals surface area contributed by atoms with Crippen LogP contribution in [0.3, 0.4) is 0 Å². The number of methoxy groups -OCH3 is 2. The van der Waals surface area contributed by atoms with Gasteiger partial charge in [-0.15, -0.1) is 0 Å². The van der Waals surface area contributed by atoms with Crippen LogP contribution in [0.2, 0.25) is 0 Å². The van der Waals surface area contributed by atoms with Crippen molar-refractivity contribution in [1.82, 2.24) is 4.90 Å². The van der Waals surface area contributed by atoms with Gasteiger partial charge in [0.15, 0.2) is 0 Å². The molecule has 1 fully saturated rings. The number of hydrogen-bond donors (Lipinski definition) is 1. The molecule has 2 atom stereocenters. The fourth-order valence-electron chi connectivity index (χ4n) is 4.24. The van der Waals surface area contributed by atoms with Crippen LogP contribution in [0.25, 0.3) is 11.1 Å². The van der Waals surface area contributed by atoms with Crippen LogP contribution in [-0.2, 0) is 14.3 Å². The van der Waals surface area contributed by atoms with Crippen LogP contribution >= 0.6 is 11.8 Å². The predicted octanol–water partition coefficient (Wildman–Crippen LogP) is 5.09. The zero-order valence-electron chi connectivity index (χ0n) is 20.2. The highest BCUT2D eigenvalue weighted by atomic mass is 35.5. The molecule has 1 N–H and O–H groups in total. The first-order chi connectivity index (χ1) is 17.8. The molecule has 0 saturated carbocycles. The number of carbonyl (C=O) groups excluding carboxylic acids is 3. The second-order valence-electron chi connectivity index (χ2n) is 8.38. The lowest BCUT2D eigenvalue weighted by molar-refractivity contribution is -0.119. The van der Waals surface area contributed by atoms with E-state index in [2.05, 4.69) is 5.32 Å². The summed E-state index contributed by atoms with van der Waals surface area (Å²) >= 11 is 6.30. The van der Waals surface area contributed by atoms with Gasteiger partial charge < -0.3 is 19.7 Å². The molecule has 3 amide bonds. The fraction of sp³-hybridized carbons (Fsp3) is 0.222. The van der Waals surface area contributed by atoms with E-state index in [1.165, 1.54) is 31.3 Å². The number of benzene rings is 3. The number of urea groups is 1. The Morgan fingerprint density at radius 1 is 1.00 bits per heavy atom. The van der Waals surface area contributed by atoms with E-state index >= 15 is 0 Å². The van der Waals surface area contributed by atoms with Crippen LogP contribution in [0.4, 0.5) is 20.6 Å². The number of nitrogens with one attached hydrogen (secondary N) is 1. The normalized spacial score (nSPS) is 16.8. The molecule has 1 aliphatic heterocycles. The highest BCUT2D eigenvalue weighted by molar-refractivity contribution is 6.36. The summed E-state index contributed by atoms with van der Waals surface area (Å²) in [6, 6.07) is 18.2. The summed E-state index contributed by atoms with van der Waals surface area (Å²) in [7, 11) is 2.71. The molecule has 8 nitrogen and oxygen atoms in total. The van der Waals surface area contributed by atoms with E-state index in [0.717, 1.165) is 4.42 Å². The smallest absolute Gasteiger partial charge is 0.341 e. The van der Waals surface area contributed by atoms with Crippen molar-refractivity contribution in [1.29, 1.82) is 0 Å². The molecule has 1 aliphatic rings. The van der Waals surface area contributed by atoms with E-state index in [0.29, 0.717) is 28.9 Å². The number of likely N-dealkylation sites (tertiary alicyclic amines) is 1. The number of anilines is 2. The Bertz CT molecular complexity index is 1290. The van der Waals surface area contributed by atoms with Gasteiger partial charge in [-0.1, -0.05) is 42.5 Å². The maximum absolute atomic E-state index is 14.3. The first-order valence-corrected chi connectivity index (χ1v) is 11.8. The summed E-state index contributed by atoms with van der Waals surface area (Å²) in [6.07, 6.45) is -0.0232. The lowest BCUT2D eigenvalue weighted by atomic mass is 9.99. The zero-order valence-corrected chi connectivity index (χ0v) is 20.9. The number of halogens is 2. The van der Waals surface area contributed by atoms with Crippen molar-refractivity contribution >= 4 is 41.1 Å². The molecule has 37 heavy (non-hydrogen) atoms. The number of carbonyl (C=O) groups is 3. The first-order valence-electron chi connectivity index (χ1n) is 11.5. The Hall–Kier alpha value is -3.95. The van der Waals surface area contributed by atoms with E-state index in [1.807, 2.05) is 6.07 Å². The minimum atomic E-state index is -0.809. The van der Waals surface area contributed by atoms with E-state index in [9.17, 15) is 18.8 Å². The molecule has 1 heterocycles. The molecule has 1 saturated heterocycles. The third-order valence-electron chi connectivity index (χ3n) is 6.16. The van der Waals surface area contributed by atoms with Crippen molar-refractivity contribution in [3.63, 3.8) is 0 Å². The van der Waals surface area contributed by atoms with Gasteiger partial charge in [-0.05, 0) is 41.5 Å². The Labute approximate surface area is 218 Å². The molecular formula is C27H25ClFN3O5. The topological polar surface area (TPSA) is 88.2 Å². The number of hydrogen-bond acceptors (Lipinski definition) is 5. The van der Waals surface area contributed by atoms with Crippen LogP contribution in [0, 0.1) is 5.82 Å². The minimum absolute atomic E-state index is 0.170. The molecule has 0 aromatic heterocycles. The van der Waals surface area contributed by atoms with Crippen LogP contribution < -0.4 is 9.74 Å². The highest BCUT2D eigenvalue weighted by Crippen LogP contribution is 2.29. The van der Waals surface area contributed by atoms with Gasteiger partial charge in [-0.3, -0.25) is 4.79 Å². The van der Waals surface area contributed by atoms with Gasteiger partial charge in [0.25, 0.3) is 0 Å². The zero-order chi connectivity index (χ0) is 26.5. The second kappa shape index (κ2) is 11.4. The molecule has 4 rings (SSSR count). The summed E-state index contributed by atoms with van der Waals surface area (Å²) < 4.78 is 25.4. The second-order valence-corrected chi connectivity index (χ2v) is 8.72. The van der Waals surface area contributed by atoms with Crippen LogP contribution in [0.15, 0.2) is 72.8 Å². The number of rotatable bonds is 6. The average molecular weight is 526 g/mol. The Kier molecular flexibility index (Phi) is 8.05. The molecule has 192 valence electrons. The summed E-state index contributed by atoms with van der Waals surface area (Å²) in [5.41, 5.74) is 1.70. The van der Waals surface area contributed by atoms with Crippen LogP contribution in [0.1, 0.15) is 16.8 Å². The Morgan fingerprint density at radius 2 is 1.70 bits per heavy atom. The number of ether oxygens (including phenoxy) is 2. The van der Waals surface area contributed by atoms with E-state index in [-0.39, 0.29) is 18.2 Å². The lowest BCUT2D eigenvalue weighted by Crippen LogP contribution is -2.47. The van der Waals surface area contributed by atoms with Gasteiger partial charge in [0.05, 0.1) is 18.9 Å². The van der Waals surface area contributed by atoms with Crippen molar-refractivity contribution in [2.24, 2.45) is 0 Å². The van der Waals surface area contributed by atoms with Gasteiger partial charge in [0.1, 0.15) is 17.4 Å². The summed E-state index contributed by atoms with van der Waals surface area (Å²) in [4.78, 5) is 39.8. The van der Waals surface area contributed by atoms with Crippen molar-refractivity contribution in [2.75, 3.05) is 30.5 Å². The molecule has 2 unspecified atom stereocenters. The third kappa shape index (κ3) is 5.58. The third-order valence-corrected chi connectivity index (χ3v) is 6.50. The Morgan fingerprint density at radius 3 is 2.35 bits per heavy atom. The van der Waals surface area contributed by atoms with E-state index < -0.39 is 29.8 Å². The molecule has 0 bridgehead atoms. The minimum Gasteiger partial charge on any atom is -0.465 e. The summed E-state index contributed by atoms with van der Waals surface area (Å²) in [5, 5.41) is 2.81. The number of esters is 1. The lowest BCUT2D eigenvalue weighted by Gasteiger charge is -2.27. The largest absolute Gasteiger partial charge is 0.465 e. The molecule has 10 heteroatoms. The molecular weight excluding hydrogens is 501 g/mol. The van der Waals surface area contributed by atoms with Gasteiger partial charge in [-0.2, -0.15) is 0 Å². The monoisotopic (exact) mass is 525 g/mol. The average Bonchev–Trinajstić information content (AvgIpc) is 3.37. The number of amides is 3. The first kappa shape index (κ1) is 26.1. The summed E-state index contributed by atoms with van der Waals surface area (Å²) in [5.74, 6) is -1.88. The molecule has 0 radical (unpaired) electrons. The number of nitrogens with zero attached hydrogens (tertiary/aromatic N) is 2. The fourth-order valence-corrected chi connectivity index (χ4v) is 4.45. The quantitative estimate of drug-likeness (QED) is 0.358. The van der Waals surface area contributed by atoms with Crippen molar-refractivity contribution in [3.05, 3.63) is 84.2 Å². The summed E-state index contributed by atoms with van der Waals surface area (Å²) in [6.45, 7) is 0.207. The highest BCUT2D eigenvalue weighted by Gasteiger charge is 2.41. The van der Waals surface area contributed by atoms with Gasteiger partial charge >= 0.3 is 12.0 Å². The van der Waals surface area contributed by atoms with Crippen molar-refractivity contribution in [2.45, 2.75) is 18.6 Å². The van der Waals surface area contributed by atoms with E-state index in [1.54, 1.807) is 54.6 Å². The standard InChI is InChI=1S/C27H25ClFN3O5/c1-36-20-15-23(31(16-20)27(35)32(28)19-7-4-3-5-8-19)25(33)30-18-13-11-17(12-14-18)21-9-6-10-22(29)24(21)26(34)37-2/h3-14,20,23H,15-16H2,1-2H3,(H,30,33). The molecule has 0 spiro atoms. The maximum atomic E-state index is 14.3. The van der Waals surface area contributed by atoms with Crippen molar-refractivity contribution < 1.29 is 28.2 Å². The molecule has 3 aromatic carbocycles. The number of para-hydroxylation sites is 1. The molecule has 0 aliphatic carbocycles. The Balaban J connectivity index is 1.51. The van der Waals surface area contributed by atoms with E-state index in [4.69, 9.17) is 21.3 Å². The predicted molar refractivity (Wildman–Crippen MR) is 138 cm³/mol. The van der Waals surface area contributed by atoms with Crippen LogP contribution in [0.5, 0.6) is 0 Å². The van der Waals surface area contributed by atoms with Gasteiger partial charge in [0, 0.05) is 37.5 Å². The molecule has 3 aromatic rings. The van der Waals surface area contributed by atoms with Crippen LogP contribution in [-0.4, -0.2) is 55.7 Å². The van der Waals surface area contributed by atoms with Crippen molar-refractivity contribution in [3.8, 4) is 11.1 Å².